The lowest BCUT2D eigenvalue weighted by molar-refractivity contribution is 0.0948. The van der Waals surface area contributed by atoms with Crippen molar-refractivity contribution in [3.8, 4) is 5.75 Å². The van der Waals surface area contributed by atoms with Crippen molar-refractivity contribution in [2.75, 3.05) is 0 Å². The number of amides is 1. The number of hydrogen-bond acceptors (Lipinski definition) is 2. The second kappa shape index (κ2) is 5.71. The maximum Gasteiger partial charge on any atom is 0.255 e. The standard InChI is InChI=1S/C14H11ClFNO2/c15-10-4-5-12(13(18)7-10)14(19)17-8-9-2-1-3-11(16)6-9/h1-7,18H,8H2,(H,17,19). The Morgan fingerprint density at radius 3 is 2.74 bits per heavy atom. The monoisotopic (exact) mass is 279 g/mol. The maximum absolute atomic E-state index is 13.0. The number of halogens is 2. The van der Waals surface area contributed by atoms with Crippen LogP contribution in [0.5, 0.6) is 5.75 Å². The first kappa shape index (κ1) is 13.4. The van der Waals surface area contributed by atoms with E-state index in [9.17, 15) is 14.3 Å². The van der Waals surface area contributed by atoms with E-state index in [0.717, 1.165) is 0 Å². The smallest absolute Gasteiger partial charge is 0.255 e. The Balaban J connectivity index is 2.05. The van der Waals surface area contributed by atoms with Crippen molar-refractivity contribution in [2.45, 2.75) is 6.54 Å². The van der Waals surface area contributed by atoms with Crippen LogP contribution < -0.4 is 5.32 Å². The van der Waals surface area contributed by atoms with Crippen LogP contribution in [0.1, 0.15) is 15.9 Å². The summed E-state index contributed by atoms with van der Waals surface area (Å²) in [5.41, 5.74) is 0.766. The van der Waals surface area contributed by atoms with Gasteiger partial charge in [-0.3, -0.25) is 4.79 Å². The number of phenols is 1. The van der Waals surface area contributed by atoms with Crippen molar-refractivity contribution in [1.82, 2.24) is 5.32 Å². The topological polar surface area (TPSA) is 49.3 Å². The molecule has 0 bridgehead atoms. The molecule has 0 aromatic heterocycles. The highest BCUT2D eigenvalue weighted by Crippen LogP contribution is 2.21. The van der Waals surface area contributed by atoms with Gasteiger partial charge in [-0.05, 0) is 35.9 Å². The van der Waals surface area contributed by atoms with E-state index in [2.05, 4.69) is 5.32 Å². The van der Waals surface area contributed by atoms with E-state index in [-0.39, 0.29) is 23.7 Å². The molecular weight excluding hydrogens is 269 g/mol. The Bertz CT molecular complexity index is 616. The van der Waals surface area contributed by atoms with Gasteiger partial charge >= 0.3 is 0 Å². The highest BCUT2D eigenvalue weighted by Gasteiger charge is 2.11. The lowest BCUT2D eigenvalue weighted by Crippen LogP contribution is -2.22. The Kier molecular flexibility index (Phi) is 4.02. The second-order valence-electron chi connectivity index (χ2n) is 3.97. The first-order valence-electron chi connectivity index (χ1n) is 5.57. The number of carbonyl (C=O) groups is 1. The summed E-state index contributed by atoms with van der Waals surface area (Å²) in [5, 5.41) is 12.5. The van der Waals surface area contributed by atoms with Crippen molar-refractivity contribution < 1.29 is 14.3 Å². The molecule has 2 N–H and O–H groups in total. The highest BCUT2D eigenvalue weighted by molar-refractivity contribution is 6.30. The predicted octanol–water partition coefficient (Wildman–Crippen LogP) is 3.11. The molecule has 0 aliphatic carbocycles. The maximum atomic E-state index is 13.0. The lowest BCUT2D eigenvalue weighted by Gasteiger charge is -2.07. The molecule has 5 heteroatoms. The van der Waals surface area contributed by atoms with Crippen molar-refractivity contribution in [3.05, 3.63) is 64.4 Å². The molecule has 2 rings (SSSR count). The molecule has 2 aromatic carbocycles. The molecule has 1 amide bonds. The molecule has 0 heterocycles. The fourth-order valence-electron chi connectivity index (χ4n) is 1.62. The lowest BCUT2D eigenvalue weighted by atomic mass is 10.1. The minimum Gasteiger partial charge on any atom is -0.507 e. The molecule has 2 aromatic rings. The van der Waals surface area contributed by atoms with E-state index < -0.39 is 5.91 Å². The van der Waals surface area contributed by atoms with E-state index in [4.69, 9.17) is 11.6 Å². The van der Waals surface area contributed by atoms with Gasteiger partial charge in [-0.25, -0.2) is 4.39 Å². The van der Waals surface area contributed by atoms with Crippen molar-refractivity contribution >= 4 is 17.5 Å². The molecule has 98 valence electrons. The number of hydrogen-bond donors (Lipinski definition) is 2. The molecule has 0 fully saturated rings. The summed E-state index contributed by atoms with van der Waals surface area (Å²) in [6, 6.07) is 10.2. The Labute approximate surface area is 114 Å². The van der Waals surface area contributed by atoms with Crippen LogP contribution in [0.25, 0.3) is 0 Å². The Hall–Kier alpha value is -2.07. The van der Waals surface area contributed by atoms with E-state index >= 15 is 0 Å². The first-order valence-corrected chi connectivity index (χ1v) is 5.95. The Morgan fingerprint density at radius 1 is 1.26 bits per heavy atom. The van der Waals surface area contributed by atoms with Crippen LogP contribution in [0.15, 0.2) is 42.5 Å². The molecule has 0 aliphatic heterocycles. The minimum absolute atomic E-state index is 0.126. The average Bonchev–Trinajstić information content (AvgIpc) is 2.36. The summed E-state index contributed by atoms with van der Waals surface area (Å²) in [6.45, 7) is 0.179. The van der Waals surface area contributed by atoms with E-state index in [1.165, 1.54) is 30.3 Å². The van der Waals surface area contributed by atoms with Gasteiger partial charge in [0.15, 0.2) is 0 Å². The van der Waals surface area contributed by atoms with Crippen LogP contribution in [0.3, 0.4) is 0 Å². The average molecular weight is 280 g/mol. The Morgan fingerprint density at radius 2 is 2.05 bits per heavy atom. The first-order chi connectivity index (χ1) is 9.06. The van der Waals surface area contributed by atoms with Crippen molar-refractivity contribution in [3.63, 3.8) is 0 Å². The third-order valence-electron chi connectivity index (χ3n) is 2.55. The van der Waals surface area contributed by atoms with Crippen LogP contribution in [-0.4, -0.2) is 11.0 Å². The van der Waals surface area contributed by atoms with Gasteiger partial charge in [0.1, 0.15) is 11.6 Å². The van der Waals surface area contributed by atoms with E-state index in [1.807, 2.05) is 0 Å². The number of benzene rings is 2. The molecule has 0 atom stereocenters. The van der Waals surface area contributed by atoms with Crippen LogP contribution in [0.4, 0.5) is 4.39 Å². The molecule has 0 spiro atoms. The molecule has 0 aliphatic rings. The molecule has 19 heavy (non-hydrogen) atoms. The molecule has 0 radical (unpaired) electrons. The van der Waals surface area contributed by atoms with Crippen LogP contribution in [0, 0.1) is 5.82 Å². The van der Waals surface area contributed by atoms with Crippen LogP contribution in [0.2, 0.25) is 5.02 Å². The van der Waals surface area contributed by atoms with E-state index in [1.54, 1.807) is 12.1 Å². The van der Waals surface area contributed by atoms with Crippen LogP contribution >= 0.6 is 11.6 Å². The molecule has 0 saturated carbocycles. The third-order valence-corrected chi connectivity index (χ3v) is 2.78. The summed E-state index contributed by atoms with van der Waals surface area (Å²) >= 11 is 5.68. The zero-order chi connectivity index (χ0) is 13.8. The quantitative estimate of drug-likeness (QED) is 0.907. The van der Waals surface area contributed by atoms with Gasteiger partial charge in [-0.15, -0.1) is 0 Å². The van der Waals surface area contributed by atoms with Crippen LogP contribution in [-0.2, 0) is 6.54 Å². The van der Waals surface area contributed by atoms with Crippen molar-refractivity contribution in [1.29, 1.82) is 0 Å². The predicted molar refractivity (Wildman–Crippen MR) is 70.7 cm³/mol. The minimum atomic E-state index is -0.446. The largest absolute Gasteiger partial charge is 0.507 e. The molecule has 0 saturated heterocycles. The normalized spacial score (nSPS) is 10.2. The zero-order valence-electron chi connectivity index (χ0n) is 9.86. The number of nitrogens with one attached hydrogen (secondary N) is 1. The van der Waals surface area contributed by atoms with Crippen molar-refractivity contribution in [2.24, 2.45) is 0 Å². The van der Waals surface area contributed by atoms with Gasteiger partial charge in [0.05, 0.1) is 5.56 Å². The molecule has 0 unspecified atom stereocenters. The van der Waals surface area contributed by atoms with Gasteiger partial charge in [0.2, 0.25) is 0 Å². The number of aromatic hydroxyl groups is 1. The fourth-order valence-corrected chi connectivity index (χ4v) is 1.79. The van der Waals surface area contributed by atoms with Gasteiger partial charge in [0, 0.05) is 11.6 Å². The highest BCUT2D eigenvalue weighted by atomic mass is 35.5. The number of phenolic OH excluding ortho intramolecular Hbond substituents is 1. The van der Waals surface area contributed by atoms with Gasteiger partial charge in [0.25, 0.3) is 5.91 Å². The van der Waals surface area contributed by atoms with Gasteiger partial charge in [-0.2, -0.15) is 0 Å². The summed E-state index contributed by atoms with van der Waals surface area (Å²) in [5.74, 6) is -0.997. The number of carbonyl (C=O) groups excluding carboxylic acids is 1. The second-order valence-corrected chi connectivity index (χ2v) is 4.41. The summed E-state index contributed by atoms with van der Waals surface area (Å²) in [4.78, 5) is 11.8. The molecule has 3 nitrogen and oxygen atoms in total. The number of rotatable bonds is 3. The fraction of sp³-hybridized carbons (Fsp3) is 0.0714. The molecular formula is C14H11ClFNO2. The van der Waals surface area contributed by atoms with Gasteiger partial charge in [-0.1, -0.05) is 23.7 Å². The van der Waals surface area contributed by atoms with Gasteiger partial charge < -0.3 is 10.4 Å². The SMILES string of the molecule is O=C(NCc1cccc(F)c1)c1ccc(Cl)cc1O. The summed E-state index contributed by atoms with van der Waals surface area (Å²) in [7, 11) is 0. The zero-order valence-corrected chi connectivity index (χ0v) is 10.6. The summed E-state index contributed by atoms with van der Waals surface area (Å²) < 4.78 is 13.0. The third kappa shape index (κ3) is 3.45. The van der Waals surface area contributed by atoms with E-state index in [0.29, 0.717) is 10.6 Å². The summed E-state index contributed by atoms with van der Waals surface area (Å²) in [6.07, 6.45) is 0.